The van der Waals surface area contributed by atoms with Crippen LogP contribution in [0.5, 0.6) is 6.01 Å². The first-order valence-corrected chi connectivity index (χ1v) is 8.56. The highest BCUT2D eigenvalue weighted by Crippen LogP contribution is 2.21. The molecular weight excluding hydrogens is 386 g/mol. The summed E-state index contributed by atoms with van der Waals surface area (Å²) < 4.78 is 11.5. The summed E-state index contributed by atoms with van der Waals surface area (Å²) in [5, 5.41) is 3.32. The van der Waals surface area contributed by atoms with Crippen molar-refractivity contribution in [1.82, 2.24) is 19.9 Å². The summed E-state index contributed by atoms with van der Waals surface area (Å²) in [6, 6.07) is 8.36. The van der Waals surface area contributed by atoms with E-state index in [0.29, 0.717) is 42.4 Å². The quantitative estimate of drug-likeness (QED) is 0.606. The van der Waals surface area contributed by atoms with Crippen molar-refractivity contribution < 1.29 is 9.47 Å². The predicted octanol–water partition coefficient (Wildman–Crippen LogP) is 3.13. The highest BCUT2D eigenvalue weighted by Gasteiger charge is 2.10. The fourth-order valence-corrected chi connectivity index (χ4v) is 2.72. The second-order valence-electron chi connectivity index (χ2n) is 5.33. The third-order valence-corrected chi connectivity index (χ3v) is 3.89. The Labute approximate surface area is 154 Å². The molecule has 0 aliphatic heterocycles. The molecule has 0 bridgehead atoms. The maximum absolute atomic E-state index is 5.48. The molecular formula is C17H18BrN5O2. The summed E-state index contributed by atoms with van der Waals surface area (Å²) in [6.07, 6.45) is 1.64. The Kier molecular flexibility index (Phi) is 5.72. The van der Waals surface area contributed by atoms with Gasteiger partial charge in [0.25, 0.3) is 0 Å². The van der Waals surface area contributed by atoms with Crippen LogP contribution in [-0.2, 0) is 11.3 Å². The van der Waals surface area contributed by atoms with Crippen LogP contribution in [0.2, 0.25) is 0 Å². The summed E-state index contributed by atoms with van der Waals surface area (Å²) in [7, 11) is 1.62. The smallest absolute Gasteiger partial charge is 0.317 e. The molecule has 0 atom stereocenters. The minimum absolute atomic E-state index is 0.280. The van der Waals surface area contributed by atoms with Gasteiger partial charge in [-0.05, 0) is 24.6 Å². The average molecular weight is 404 g/mol. The first-order valence-electron chi connectivity index (χ1n) is 7.77. The van der Waals surface area contributed by atoms with Gasteiger partial charge in [0.1, 0.15) is 23.5 Å². The van der Waals surface area contributed by atoms with Gasteiger partial charge in [-0.1, -0.05) is 28.1 Å². The number of aryl methyl sites for hydroxylation is 1. The van der Waals surface area contributed by atoms with Crippen LogP contribution in [-0.4, -0.2) is 40.3 Å². The molecule has 7 nitrogen and oxygen atoms in total. The third-order valence-electron chi connectivity index (χ3n) is 3.40. The molecule has 0 saturated carbocycles. The summed E-state index contributed by atoms with van der Waals surface area (Å²) in [5.74, 6) is 1.31. The Balaban J connectivity index is 1.85. The zero-order chi connectivity index (χ0) is 17.6. The molecule has 130 valence electrons. The van der Waals surface area contributed by atoms with E-state index in [1.54, 1.807) is 13.3 Å². The minimum Gasteiger partial charge on any atom is -0.461 e. The van der Waals surface area contributed by atoms with Crippen molar-refractivity contribution in [2.75, 3.05) is 25.6 Å². The lowest BCUT2D eigenvalue weighted by Gasteiger charge is -2.10. The molecule has 1 N–H and O–H groups in total. The SMILES string of the molecule is COCCOc1ncc2nc(C)nc(NCc3cccc(Br)c3)c2n1. The maximum Gasteiger partial charge on any atom is 0.317 e. The zero-order valence-electron chi connectivity index (χ0n) is 14.0. The van der Waals surface area contributed by atoms with Crippen molar-refractivity contribution in [3.05, 3.63) is 46.3 Å². The van der Waals surface area contributed by atoms with E-state index in [0.717, 1.165) is 10.0 Å². The number of aromatic nitrogens is 4. The van der Waals surface area contributed by atoms with Gasteiger partial charge in [0.2, 0.25) is 0 Å². The van der Waals surface area contributed by atoms with Crippen molar-refractivity contribution in [2.24, 2.45) is 0 Å². The standard InChI is InChI=1S/C17H18BrN5O2/c1-11-21-14-10-20-17(25-7-6-24-2)23-15(14)16(22-11)19-9-12-4-3-5-13(18)8-12/h3-5,8,10H,6-7,9H2,1-2H3,(H,19,21,22). The van der Waals surface area contributed by atoms with Crippen molar-refractivity contribution >= 4 is 32.8 Å². The number of anilines is 1. The molecule has 0 saturated heterocycles. The second-order valence-corrected chi connectivity index (χ2v) is 6.25. The van der Waals surface area contributed by atoms with Crippen LogP contribution < -0.4 is 10.1 Å². The maximum atomic E-state index is 5.48. The van der Waals surface area contributed by atoms with Crippen molar-refractivity contribution in [3.63, 3.8) is 0 Å². The van der Waals surface area contributed by atoms with E-state index >= 15 is 0 Å². The van der Waals surface area contributed by atoms with Gasteiger partial charge in [-0.25, -0.2) is 15.0 Å². The summed E-state index contributed by atoms with van der Waals surface area (Å²) in [5.41, 5.74) is 2.43. The number of rotatable bonds is 7. The number of halogens is 1. The summed E-state index contributed by atoms with van der Waals surface area (Å²) in [6.45, 7) is 3.32. The molecule has 0 spiro atoms. The Bertz CT molecular complexity index is 875. The summed E-state index contributed by atoms with van der Waals surface area (Å²) >= 11 is 3.48. The number of hydrogen-bond acceptors (Lipinski definition) is 7. The molecule has 3 rings (SSSR count). The number of hydrogen-bond donors (Lipinski definition) is 1. The minimum atomic E-state index is 0.280. The van der Waals surface area contributed by atoms with Crippen LogP contribution in [0, 0.1) is 6.92 Å². The molecule has 0 radical (unpaired) electrons. The molecule has 8 heteroatoms. The Morgan fingerprint density at radius 3 is 2.84 bits per heavy atom. The largest absolute Gasteiger partial charge is 0.461 e. The van der Waals surface area contributed by atoms with Crippen molar-refractivity contribution in [3.8, 4) is 6.01 Å². The molecule has 0 amide bonds. The zero-order valence-corrected chi connectivity index (χ0v) is 15.6. The lowest BCUT2D eigenvalue weighted by Crippen LogP contribution is -2.09. The number of nitrogens with one attached hydrogen (secondary N) is 1. The molecule has 0 aliphatic carbocycles. The van der Waals surface area contributed by atoms with Gasteiger partial charge in [0, 0.05) is 18.1 Å². The molecule has 2 heterocycles. The summed E-state index contributed by atoms with van der Waals surface area (Å²) in [4.78, 5) is 17.5. The highest BCUT2D eigenvalue weighted by atomic mass is 79.9. The normalized spacial score (nSPS) is 10.8. The van der Waals surface area contributed by atoms with Crippen LogP contribution in [0.25, 0.3) is 11.0 Å². The molecule has 2 aromatic heterocycles. The van der Waals surface area contributed by atoms with Crippen LogP contribution in [0.3, 0.4) is 0 Å². The molecule has 1 aromatic carbocycles. The molecule has 0 fully saturated rings. The van der Waals surface area contributed by atoms with Gasteiger partial charge in [-0.3, -0.25) is 0 Å². The van der Waals surface area contributed by atoms with Gasteiger partial charge < -0.3 is 14.8 Å². The highest BCUT2D eigenvalue weighted by molar-refractivity contribution is 9.10. The van der Waals surface area contributed by atoms with Crippen molar-refractivity contribution in [1.29, 1.82) is 0 Å². The fourth-order valence-electron chi connectivity index (χ4n) is 2.27. The number of fused-ring (bicyclic) bond motifs is 1. The van der Waals surface area contributed by atoms with E-state index in [2.05, 4.69) is 47.2 Å². The topological polar surface area (TPSA) is 82.0 Å². The van der Waals surface area contributed by atoms with Crippen LogP contribution in [0.1, 0.15) is 11.4 Å². The number of methoxy groups -OCH3 is 1. The van der Waals surface area contributed by atoms with E-state index in [-0.39, 0.29) is 6.01 Å². The van der Waals surface area contributed by atoms with Crippen LogP contribution in [0.4, 0.5) is 5.82 Å². The van der Waals surface area contributed by atoms with Gasteiger partial charge in [0.05, 0.1) is 12.8 Å². The monoisotopic (exact) mass is 403 g/mol. The third kappa shape index (κ3) is 4.61. The van der Waals surface area contributed by atoms with Gasteiger partial charge >= 0.3 is 6.01 Å². The second kappa shape index (κ2) is 8.17. The predicted molar refractivity (Wildman–Crippen MR) is 98.7 cm³/mol. The van der Waals surface area contributed by atoms with E-state index in [4.69, 9.17) is 9.47 Å². The van der Waals surface area contributed by atoms with Gasteiger partial charge in [-0.2, -0.15) is 4.98 Å². The molecule has 0 unspecified atom stereocenters. The van der Waals surface area contributed by atoms with E-state index in [9.17, 15) is 0 Å². The molecule has 25 heavy (non-hydrogen) atoms. The van der Waals surface area contributed by atoms with Crippen LogP contribution >= 0.6 is 15.9 Å². The lowest BCUT2D eigenvalue weighted by atomic mass is 10.2. The molecule has 3 aromatic rings. The Hall–Kier alpha value is -2.32. The fraction of sp³-hybridized carbons (Fsp3) is 0.294. The van der Waals surface area contributed by atoms with E-state index < -0.39 is 0 Å². The first kappa shape index (κ1) is 17.5. The average Bonchev–Trinajstić information content (AvgIpc) is 2.60. The Morgan fingerprint density at radius 2 is 2.04 bits per heavy atom. The number of benzene rings is 1. The molecule has 0 aliphatic rings. The lowest BCUT2D eigenvalue weighted by molar-refractivity contribution is 0.141. The van der Waals surface area contributed by atoms with Gasteiger partial charge in [0.15, 0.2) is 5.82 Å². The van der Waals surface area contributed by atoms with Gasteiger partial charge in [-0.15, -0.1) is 0 Å². The van der Waals surface area contributed by atoms with E-state index in [1.807, 2.05) is 25.1 Å². The number of nitrogens with zero attached hydrogens (tertiary/aromatic N) is 4. The van der Waals surface area contributed by atoms with Crippen LogP contribution in [0.15, 0.2) is 34.9 Å². The van der Waals surface area contributed by atoms with Crippen molar-refractivity contribution in [2.45, 2.75) is 13.5 Å². The Morgan fingerprint density at radius 1 is 1.16 bits per heavy atom. The van der Waals surface area contributed by atoms with E-state index in [1.165, 1.54) is 0 Å². The number of ether oxygens (including phenoxy) is 2. The first-order chi connectivity index (χ1) is 12.2.